The lowest BCUT2D eigenvalue weighted by molar-refractivity contribution is 0.153. The summed E-state index contributed by atoms with van der Waals surface area (Å²) >= 11 is 0. The topological polar surface area (TPSA) is 26.3 Å². The van der Waals surface area contributed by atoms with Crippen LogP contribution in [0.5, 0.6) is 0 Å². The Labute approximate surface area is 118 Å². The van der Waals surface area contributed by atoms with Crippen LogP contribution >= 0.6 is 0 Å². The van der Waals surface area contributed by atoms with Crippen LogP contribution in [0.1, 0.15) is 38.7 Å². The fourth-order valence-electron chi connectivity index (χ4n) is 2.39. The monoisotopic (exact) mass is 278 g/mol. The lowest BCUT2D eigenvalue weighted by Crippen LogP contribution is -2.33. The van der Waals surface area contributed by atoms with Gasteiger partial charge >= 0.3 is 0 Å². The van der Waals surface area contributed by atoms with E-state index in [1.54, 1.807) is 0 Å². The van der Waals surface area contributed by atoms with Crippen molar-refractivity contribution < 1.29 is 8.95 Å². The van der Waals surface area contributed by atoms with E-state index >= 15 is 0 Å². The molecule has 19 heavy (non-hydrogen) atoms. The highest BCUT2D eigenvalue weighted by molar-refractivity contribution is 7.85. The summed E-state index contributed by atoms with van der Waals surface area (Å²) in [6.07, 6.45) is 5.12. The van der Waals surface area contributed by atoms with E-state index in [0.717, 1.165) is 24.2 Å². The van der Waals surface area contributed by atoms with Gasteiger partial charge in [-0.2, -0.15) is 0 Å². The van der Waals surface area contributed by atoms with Crippen LogP contribution in [0, 0.1) is 0 Å². The maximum atomic E-state index is 12.0. The standard InChI is InChI=1S/C16H22O2S/c1-13(15-8-4-3-5-9-15)12-18-14(2)16-10-6-7-11-19(16)17/h3-5,8-9,12,14,16H,6-7,10-11H2,1-2H3/b13-12-. The second kappa shape index (κ2) is 6.90. The quantitative estimate of drug-likeness (QED) is 0.784. The van der Waals surface area contributed by atoms with E-state index in [9.17, 15) is 4.21 Å². The van der Waals surface area contributed by atoms with Crippen molar-refractivity contribution >= 4 is 16.4 Å². The Balaban J connectivity index is 1.95. The predicted octanol–water partition coefficient (Wildman–Crippen LogP) is 3.75. The normalized spacial score (nSPS) is 25.9. The molecule has 1 fully saturated rings. The Kier molecular flexibility index (Phi) is 5.20. The summed E-state index contributed by atoms with van der Waals surface area (Å²) in [5, 5.41) is 0.188. The number of hydrogen-bond donors (Lipinski definition) is 0. The summed E-state index contributed by atoms with van der Waals surface area (Å²) in [7, 11) is -0.722. The molecular formula is C16H22O2S. The van der Waals surface area contributed by atoms with Gasteiger partial charge in [0.05, 0.1) is 11.5 Å². The molecular weight excluding hydrogens is 256 g/mol. The first-order chi connectivity index (χ1) is 9.18. The average molecular weight is 278 g/mol. The van der Waals surface area contributed by atoms with Gasteiger partial charge in [-0.05, 0) is 37.8 Å². The number of allylic oxidation sites excluding steroid dienone is 1. The zero-order chi connectivity index (χ0) is 13.7. The summed E-state index contributed by atoms with van der Waals surface area (Å²) in [5.41, 5.74) is 2.27. The maximum Gasteiger partial charge on any atom is 0.109 e. The van der Waals surface area contributed by atoms with Gasteiger partial charge in [0.2, 0.25) is 0 Å². The molecule has 1 aliphatic rings. The molecule has 1 aromatic carbocycles. The Hall–Kier alpha value is -1.09. The Morgan fingerprint density at radius 2 is 2.11 bits per heavy atom. The first-order valence-corrected chi connectivity index (χ1v) is 8.31. The van der Waals surface area contributed by atoms with Crippen molar-refractivity contribution in [3.8, 4) is 0 Å². The third-order valence-corrected chi connectivity index (χ3v) is 5.62. The molecule has 0 radical (unpaired) electrons. The van der Waals surface area contributed by atoms with Crippen LogP contribution in [-0.2, 0) is 15.5 Å². The molecule has 0 N–H and O–H groups in total. The third-order valence-electron chi connectivity index (χ3n) is 3.63. The fraction of sp³-hybridized carbons (Fsp3) is 0.500. The molecule has 1 saturated heterocycles. The third kappa shape index (κ3) is 3.93. The van der Waals surface area contributed by atoms with Gasteiger partial charge in [-0.1, -0.05) is 36.8 Å². The van der Waals surface area contributed by atoms with Crippen molar-refractivity contribution in [1.29, 1.82) is 0 Å². The SMILES string of the molecule is C/C(=C/OC(C)C1CCCCS1=O)c1ccccc1. The molecule has 2 rings (SSSR count). The van der Waals surface area contributed by atoms with Crippen LogP contribution < -0.4 is 0 Å². The zero-order valence-corrected chi connectivity index (χ0v) is 12.5. The zero-order valence-electron chi connectivity index (χ0n) is 11.7. The summed E-state index contributed by atoms with van der Waals surface area (Å²) in [5.74, 6) is 0.833. The van der Waals surface area contributed by atoms with Gasteiger partial charge in [0.15, 0.2) is 0 Å². The largest absolute Gasteiger partial charge is 0.497 e. The van der Waals surface area contributed by atoms with Crippen LogP contribution in [0.25, 0.3) is 5.57 Å². The highest BCUT2D eigenvalue weighted by atomic mass is 32.2. The molecule has 3 unspecified atom stereocenters. The molecule has 0 saturated carbocycles. The van der Waals surface area contributed by atoms with Crippen molar-refractivity contribution in [3.05, 3.63) is 42.2 Å². The van der Waals surface area contributed by atoms with Gasteiger partial charge < -0.3 is 4.74 Å². The van der Waals surface area contributed by atoms with Crippen LogP contribution in [-0.4, -0.2) is 21.3 Å². The first-order valence-electron chi connectivity index (χ1n) is 6.93. The molecule has 2 nitrogen and oxygen atoms in total. The van der Waals surface area contributed by atoms with Crippen LogP contribution in [0.15, 0.2) is 36.6 Å². The van der Waals surface area contributed by atoms with E-state index in [1.807, 2.05) is 38.3 Å². The number of benzene rings is 1. The minimum absolute atomic E-state index is 0.0276. The number of rotatable bonds is 4. The first kappa shape index (κ1) is 14.3. The van der Waals surface area contributed by atoms with Crippen molar-refractivity contribution in [2.75, 3.05) is 5.75 Å². The minimum atomic E-state index is -0.722. The second-order valence-corrected chi connectivity index (χ2v) is 6.90. The summed E-state index contributed by atoms with van der Waals surface area (Å²) < 4.78 is 17.8. The van der Waals surface area contributed by atoms with Crippen LogP contribution in [0.3, 0.4) is 0 Å². The van der Waals surface area contributed by atoms with Crippen molar-refractivity contribution in [1.82, 2.24) is 0 Å². The number of hydrogen-bond acceptors (Lipinski definition) is 2. The van der Waals surface area contributed by atoms with Crippen LogP contribution in [0.4, 0.5) is 0 Å². The van der Waals surface area contributed by atoms with Gasteiger partial charge in [-0.3, -0.25) is 4.21 Å². The molecule has 0 aliphatic carbocycles. The van der Waals surface area contributed by atoms with E-state index in [-0.39, 0.29) is 11.4 Å². The van der Waals surface area contributed by atoms with Gasteiger partial charge in [-0.15, -0.1) is 0 Å². The molecule has 0 amide bonds. The Bertz CT molecular complexity index is 453. The molecule has 104 valence electrons. The maximum absolute atomic E-state index is 12.0. The summed E-state index contributed by atoms with van der Waals surface area (Å²) in [6, 6.07) is 10.2. The average Bonchev–Trinajstić information content (AvgIpc) is 2.46. The molecule has 0 spiro atoms. The molecule has 1 aromatic rings. The van der Waals surface area contributed by atoms with Crippen LogP contribution in [0.2, 0.25) is 0 Å². The van der Waals surface area contributed by atoms with E-state index < -0.39 is 10.8 Å². The Morgan fingerprint density at radius 3 is 2.79 bits per heavy atom. The van der Waals surface area contributed by atoms with Gasteiger partial charge in [0, 0.05) is 16.6 Å². The molecule has 3 atom stereocenters. The molecule has 3 heteroatoms. The predicted molar refractivity (Wildman–Crippen MR) is 81.3 cm³/mol. The van der Waals surface area contributed by atoms with Gasteiger partial charge in [0.1, 0.15) is 6.10 Å². The smallest absolute Gasteiger partial charge is 0.109 e. The van der Waals surface area contributed by atoms with E-state index in [0.29, 0.717) is 0 Å². The van der Waals surface area contributed by atoms with E-state index in [4.69, 9.17) is 4.74 Å². The molecule has 0 aromatic heterocycles. The number of ether oxygens (including phenoxy) is 1. The van der Waals surface area contributed by atoms with Crippen molar-refractivity contribution in [2.24, 2.45) is 0 Å². The molecule has 0 bridgehead atoms. The Morgan fingerprint density at radius 1 is 1.37 bits per heavy atom. The fourth-order valence-corrected chi connectivity index (χ4v) is 4.10. The lowest BCUT2D eigenvalue weighted by Gasteiger charge is -2.26. The van der Waals surface area contributed by atoms with Gasteiger partial charge in [-0.25, -0.2) is 0 Å². The highest BCUT2D eigenvalue weighted by Crippen LogP contribution is 2.22. The molecule has 1 heterocycles. The van der Waals surface area contributed by atoms with E-state index in [1.165, 1.54) is 12.0 Å². The van der Waals surface area contributed by atoms with Crippen molar-refractivity contribution in [3.63, 3.8) is 0 Å². The summed E-state index contributed by atoms with van der Waals surface area (Å²) in [6.45, 7) is 4.07. The van der Waals surface area contributed by atoms with E-state index in [2.05, 4.69) is 12.1 Å². The second-order valence-electron chi connectivity index (χ2n) is 5.13. The minimum Gasteiger partial charge on any atom is -0.497 e. The molecule has 1 aliphatic heterocycles. The highest BCUT2D eigenvalue weighted by Gasteiger charge is 2.27. The van der Waals surface area contributed by atoms with Gasteiger partial charge in [0.25, 0.3) is 0 Å². The lowest BCUT2D eigenvalue weighted by atomic mass is 10.1. The van der Waals surface area contributed by atoms with Crippen molar-refractivity contribution in [2.45, 2.75) is 44.5 Å². The summed E-state index contributed by atoms with van der Waals surface area (Å²) in [4.78, 5) is 0.